The average molecular weight is 524 g/mol. The summed E-state index contributed by atoms with van der Waals surface area (Å²) in [6.45, 7) is 0. The number of halogens is 3. The van der Waals surface area contributed by atoms with E-state index in [1.165, 1.54) is 42.5 Å². The summed E-state index contributed by atoms with van der Waals surface area (Å²) in [5.74, 6) is -1.09. The van der Waals surface area contributed by atoms with E-state index in [2.05, 4.69) is 31.9 Å². The second-order valence-electron chi connectivity index (χ2n) is 5.85. The van der Waals surface area contributed by atoms with Crippen LogP contribution in [-0.2, 0) is 9.84 Å². The van der Waals surface area contributed by atoms with E-state index in [1.807, 2.05) is 0 Å². The highest BCUT2D eigenvalue weighted by Crippen LogP contribution is 2.27. The fourth-order valence-electron chi connectivity index (χ4n) is 2.46. The van der Waals surface area contributed by atoms with E-state index in [-0.39, 0.29) is 15.4 Å². The van der Waals surface area contributed by atoms with Gasteiger partial charge in [-0.1, -0.05) is 44.0 Å². The first-order valence-electron chi connectivity index (χ1n) is 8.05. The number of hydrogen-bond acceptors (Lipinski definition) is 3. The highest BCUT2D eigenvalue weighted by atomic mass is 79.9. The van der Waals surface area contributed by atoms with Gasteiger partial charge < -0.3 is 0 Å². The lowest BCUT2D eigenvalue weighted by atomic mass is 10.1. The molecule has 0 fully saturated rings. The third-order valence-electron chi connectivity index (χ3n) is 3.91. The van der Waals surface area contributed by atoms with Crippen molar-refractivity contribution in [1.82, 2.24) is 0 Å². The number of sulfone groups is 1. The third kappa shape index (κ3) is 4.66. The Morgan fingerprint density at radius 3 is 1.82 bits per heavy atom. The van der Waals surface area contributed by atoms with Crippen molar-refractivity contribution < 1.29 is 17.6 Å². The van der Waals surface area contributed by atoms with Gasteiger partial charge in [0.05, 0.1) is 4.90 Å². The molecule has 0 aromatic heterocycles. The Morgan fingerprint density at radius 2 is 1.29 bits per heavy atom. The van der Waals surface area contributed by atoms with E-state index >= 15 is 0 Å². The zero-order valence-corrected chi connectivity index (χ0v) is 18.3. The van der Waals surface area contributed by atoms with Crippen LogP contribution in [0.15, 0.2) is 91.5 Å². The minimum Gasteiger partial charge on any atom is -0.288 e. The molecule has 0 N–H and O–H groups in total. The van der Waals surface area contributed by atoms with Crippen LogP contribution in [0.2, 0.25) is 0 Å². The summed E-state index contributed by atoms with van der Waals surface area (Å²) >= 11 is 6.56. The van der Waals surface area contributed by atoms with Crippen molar-refractivity contribution >= 4 is 53.6 Å². The molecule has 3 aromatic rings. The largest absolute Gasteiger partial charge is 0.288 e. The molecule has 28 heavy (non-hydrogen) atoms. The molecule has 0 aliphatic carbocycles. The standard InChI is InChI=1S/C21H13Br2FO3S/c22-16-5-3-15(4-6-16)21(25)20(13-14-1-9-18(24)10-2-14)28(26,27)19-11-7-17(23)8-12-19/h1-13H/b20-13+. The normalized spacial score (nSPS) is 12.0. The number of carbonyl (C=O) groups is 1. The number of hydrogen-bond donors (Lipinski definition) is 0. The number of benzene rings is 3. The van der Waals surface area contributed by atoms with Gasteiger partial charge in [0.2, 0.25) is 15.6 Å². The maximum atomic E-state index is 13.2. The van der Waals surface area contributed by atoms with E-state index in [1.54, 1.807) is 36.4 Å². The van der Waals surface area contributed by atoms with Crippen LogP contribution < -0.4 is 0 Å². The first-order chi connectivity index (χ1) is 13.3. The summed E-state index contributed by atoms with van der Waals surface area (Å²) in [6.07, 6.45) is 1.27. The summed E-state index contributed by atoms with van der Waals surface area (Å²) in [4.78, 5) is 12.7. The number of allylic oxidation sites excluding steroid dienone is 1. The molecule has 0 heterocycles. The number of rotatable bonds is 5. The van der Waals surface area contributed by atoms with Gasteiger partial charge in [-0.25, -0.2) is 12.8 Å². The zero-order valence-electron chi connectivity index (χ0n) is 14.3. The smallest absolute Gasteiger partial charge is 0.210 e. The molecule has 0 aliphatic heterocycles. The molecular formula is C21H13Br2FO3S. The van der Waals surface area contributed by atoms with Gasteiger partial charge in [-0.15, -0.1) is 0 Å². The SMILES string of the molecule is O=C(/C(=C\c1ccc(F)cc1)S(=O)(=O)c1ccc(Br)cc1)c1ccc(Br)cc1. The molecule has 0 aliphatic rings. The van der Waals surface area contributed by atoms with Gasteiger partial charge >= 0.3 is 0 Å². The Bertz CT molecular complexity index is 1140. The maximum Gasteiger partial charge on any atom is 0.210 e. The minimum atomic E-state index is -4.10. The summed E-state index contributed by atoms with van der Waals surface area (Å²) in [5.41, 5.74) is 0.639. The molecule has 3 nitrogen and oxygen atoms in total. The average Bonchev–Trinajstić information content (AvgIpc) is 2.68. The summed E-state index contributed by atoms with van der Waals surface area (Å²) in [5, 5.41) is 0. The number of Topliss-reactive ketones (excluding diaryl/α,β-unsaturated/α-hetero) is 1. The maximum absolute atomic E-state index is 13.2. The Hall–Kier alpha value is -2.09. The van der Waals surface area contributed by atoms with Crippen LogP contribution in [0, 0.1) is 5.82 Å². The Labute approximate surface area is 179 Å². The van der Waals surface area contributed by atoms with Gasteiger partial charge in [0.1, 0.15) is 10.7 Å². The minimum absolute atomic E-state index is 0.00507. The van der Waals surface area contributed by atoms with Gasteiger partial charge in [-0.3, -0.25) is 4.79 Å². The van der Waals surface area contributed by atoms with Crippen molar-refractivity contribution in [3.63, 3.8) is 0 Å². The lowest BCUT2D eigenvalue weighted by Crippen LogP contribution is -2.14. The predicted molar refractivity (Wildman–Crippen MR) is 114 cm³/mol. The molecule has 0 radical (unpaired) electrons. The van der Waals surface area contributed by atoms with Crippen LogP contribution in [-0.4, -0.2) is 14.2 Å². The lowest BCUT2D eigenvalue weighted by molar-refractivity contribution is 0.104. The van der Waals surface area contributed by atoms with Gasteiger partial charge in [0.15, 0.2) is 0 Å². The molecule has 0 atom stereocenters. The molecule has 0 saturated carbocycles. The van der Waals surface area contributed by atoms with Crippen LogP contribution in [0.25, 0.3) is 6.08 Å². The molecule has 3 rings (SSSR count). The molecule has 7 heteroatoms. The highest BCUT2D eigenvalue weighted by Gasteiger charge is 2.28. The van der Waals surface area contributed by atoms with Crippen LogP contribution in [0.4, 0.5) is 4.39 Å². The fraction of sp³-hybridized carbons (Fsp3) is 0. The van der Waals surface area contributed by atoms with Crippen LogP contribution in [0.5, 0.6) is 0 Å². The van der Waals surface area contributed by atoms with Crippen molar-refractivity contribution in [3.05, 3.63) is 104 Å². The second kappa shape index (κ2) is 8.51. The molecule has 0 amide bonds. The molecule has 3 aromatic carbocycles. The Kier molecular flexibility index (Phi) is 6.27. The third-order valence-corrected chi connectivity index (χ3v) is 6.74. The molecule has 0 saturated heterocycles. The molecule has 0 unspecified atom stereocenters. The quantitative estimate of drug-likeness (QED) is 0.302. The van der Waals surface area contributed by atoms with E-state index in [4.69, 9.17) is 0 Å². The first kappa shape index (κ1) is 20.6. The lowest BCUT2D eigenvalue weighted by Gasteiger charge is -2.10. The van der Waals surface area contributed by atoms with Crippen LogP contribution >= 0.6 is 31.9 Å². The first-order valence-corrected chi connectivity index (χ1v) is 11.1. The van der Waals surface area contributed by atoms with E-state index in [0.717, 1.165) is 8.95 Å². The monoisotopic (exact) mass is 522 g/mol. The van der Waals surface area contributed by atoms with Gasteiger partial charge in [-0.05, 0) is 72.3 Å². The van der Waals surface area contributed by atoms with Gasteiger partial charge in [-0.2, -0.15) is 0 Å². The number of carbonyl (C=O) groups excluding carboxylic acids is 1. The Morgan fingerprint density at radius 1 is 0.786 bits per heavy atom. The van der Waals surface area contributed by atoms with Gasteiger partial charge in [0, 0.05) is 14.5 Å². The van der Waals surface area contributed by atoms with Crippen molar-refractivity contribution in [1.29, 1.82) is 0 Å². The van der Waals surface area contributed by atoms with Crippen molar-refractivity contribution in [2.75, 3.05) is 0 Å². The van der Waals surface area contributed by atoms with Crippen LogP contribution in [0.1, 0.15) is 15.9 Å². The predicted octanol–water partition coefficient (Wildman–Crippen LogP) is 6.05. The van der Waals surface area contributed by atoms with E-state index in [9.17, 15) is 17.6 Å². The molecule has 142 valence electrons. The fourth-order valence-corrected chi connectivity index (χ4v) is 4.39. The summed E-state index contributed by atoms with van der Waals surface area (Å²) in [6, 6.07) is 17.7. The topological polar surface area (TPSA) is 51.2 Å². The van der Waals surface area contributed by atoms with Crippen molar-refractivity contribution in [2.45, 2.75) is 4.90 Å². The highest BCUT2D eigenvalue weighted by molar-refractivity contribution is 9.10. The molecule has 0 spiro atoms. The van der Waals surface area contributed by atoms with Gasteiger partial charge in [0.25, 0.3) is 0 Å². The van der Waals surface area contributed by atoms with Crippen LogP contribution in [0.3, 0.4) is 0 Å². The zero-order chi connectivity index (χ0) is 20.3. The van der Waals surface area contributed by atoms with Crippen molar-refractivity contribution in [2.24, 2.45) is 0 Å². The molecule has 0 bridgehead atoms. The summed E-state index contributed by atoms with van der Waals surface area (Å²) < 4.78 is 41.1. The number of ketones is 1. The van der Waals surface area contributed by atoms with Crippen molar-refractivity contribution in [3.8, 4) is 0 Å². The second-order valence-corrected chi connectivity index (χ2v) is 9.60. The van der Waals surface area contributed by atoms with E-state index < -0.39 is 21.4 Å². The van der Waals surface area contributed by atoms with E-state index in [0.29, 0.717) is 5.56 Å². The Balaban J connectivity index is 2.16. The molecular weight excluding hydrogens is 511 g/mol. The summed E-state index contributed by atoms with van der Waals surface area (Å²) in [7, 11) is -4.10.